The Morgan fingerprint density at radius 2 is 2.00 bits per heavy atom. The van der Waals surface area contributed by atoms with E-state index in [1.54, 1.807) is 6.07 Å². The quantitative estimate of drug-likeness (QED) is 0.688. The molecule has 0 radical (unpaired) electrons. The van der Waals surface area contributed by atoms with E-state index in [1.807, 2.05) is 6.07 Å². The van der Waals surface area contributed by atoms with Crippen molar-refractivity contribution in [2.45, 2.75) is 25.0 Å². The Morgan fingerprint density at radius 1 is 1.27 bits per heavy atom. The predicted octanol–water partition coefficient (Wildman–Crippen LogP) is 1.46. The van der Waals surface area contributed by atoms with E-state index < -0.39 is 0 Å². The van der Waals surface area contributed by atoms with Gasteiger partial charge in [-0.15, -0.1) is 0 Å². The maximum Gasteiger partial charge on any atom is 0.196 e. The third kappa shape index (κ3) is 1.55. The highest BCUT2D eigenvalue weighted by atomic mass is 16.5. The first kappa shape index (κ1) is 8.97. The van der Waals surface area contributed by atoms with Gasteiger partial charge in [-0.2, -0.15) is 0 Å². The number of nitrogens with zero attached hydrogens (tertiary/aromatic N) is 1. The maximum absolute atomic E-state index is 10.5. The molecule has 0 N–H and O–H groups in total. The third-order valence-electron chi connectivity index (χ3n) is 3.08. The molecule has 2 unspecified atom stereocenters. The van der Waals surface area contributed by atoms with E-state index in [-0.39, 0.29) is 0 Å². The molecule has 2 atom stereocenters. The summed E-state index contributed by atoms with van der Waals surface area (Å²) in [5.74, 6) is 1.18. The number of aldehydes is 1. The van der Waals surface area contributed by atoms with E-state index in [1.165, 1.54) is 0 Å². The summed E-state index contributed by atoms with van der Waals surface area (Å²) < 4.78 is 11.1. The van der Waals surface area contributed by atoms with Crippen molar-refractivity contribution >= 4 is 12.2 Å². The van der Waals surface area contributed by atoms with Gasteiger partial charge in [0.2, 0.25) is 0 Å². The van der Waals surface area contributed by atoms with E-state index in [0.717, 1.165) is 38.1 Å². The molecule has 2 fully saturated rings. The van der Waals surface area contributed by atoms with Gasteiger partial charge in [-0.1, -0.05) is 0 Å². The first-order valence-corrected chi connectivity index (χ1v) is 5.30. The van der Waals surface area contributed by atoms with Crippen LogP contribution in [-0.2, 0) is 4.74 Å². The minimum atomic E-state index is 0.341. The van der Waals surface area contributed by atoms with E-state index in [2.05, 4.69) is 4.90 Å². The molecule has 3 heterocycles. The SMILES string of the molecule is O=Cc1ccc(N2CC3CCC(C2)O3)o1. The van der Waals surface area contributed by atoms with Crippen molar-refractivity contribution in [3.8, 4) is 0 Å². The van der Waals surface area contributed by atoms with Gasteiger partial charge in [0.05, 0.1) is 12.2 Å². The Labute approximate surface area is 87.8 Å². The average Bonchev–Trinajstić information content (AvgIpc) is 2.85. The van der Waals surface area contributed by atoms with Crippen molar-refractivity contribution in [3.05, 3.63) is 17.9 Å². The molecule has 0 amide bonds. The number of rotatable bonds is 2. The Kier molecular flexibility index (Phi) is 2.02. The van der Waals surface area contributed by atoms with Crippen molar-refractivity contribution in [1.82, 2.24) is 0 Å². The standard InChI is InChI=1S/C11H13NO3/c13-7-10-3-4-11(15-10)12-5-8-1-2-9(6-12)14-8/h3-4,7-9H,1-2,5-6H2. The molecule has 15 heavy (non-hydrogen) atoms. The van der Waals surface area contributed by atoms with Gasteiger partial charge in [0.25, 0.3) is 0 Å². The highest BCUT2D eigenvalue weighted by Crippen LogP contribution is 2.30. The van der Waals surface area contributed by atoms with Gasteiger partial charge in [-0.3, -0.25) is 4.79 Å². The number of carbonyl (C=O) groups excluding carboxylic acids is 1. The lowest BCUT2D eigenvalue weighted by molar-refractivity contribution is 0.0291. The fourth-order valence-electron chi connectivity index (χ4n) is 2.37. The lowest BCUT2D eigenvalue weighted by atomic mass is 10.2. The number of hydrogen-bond donors (Lipinski definition) is 0. The first-order chi connectivity index (χ1) is 7.35. The molecule has 0 spiro atoms. The van der Waals surface area contributed by atoms with Crippen LogP contribution in [0.5, 0.6) is 0 Å². The van der Waals surface area contributed by atoms with E-state index >= 15 is 0 Å². The number of hydrogen-bond acceptors (Lipinski definition) is 4. The third-order valence-corrected chi connectivity index (χ3v) is 3.08. The normalized spacial score (nSPS) is 29.5. The average molecular weight is 207 g/mol. The smallest absolute Gasteiger partial charge is 0.196 e. The highest BCUT2D eigenvalue weighted by molar-refractivity contribution is 5.71. The number of carbonyl (C=O) groups is 1. The van der Waals surface area contributed by atoms with Crippen LogP contribution in [-0.4, -0.2) is 31.6 Å². The first-order valence-electron chi connectivity index (χ1n) is 5.30. The van der Waals surface area contributed by atoms with Gasteiger partial charge >= 0.3 is 0 Å². The number of ether oxygens (including phenoxy) is 1. The van der Waals surface area contributed by atoms with Crippen LogP contribution in [0.25, 0.3) is 0 Å². The number of furan rings is 1. The fourth-order valence-corrected chi connectivity index (χ4v) is 2.37. The van der Waals surface area contributed by atoms with Crippen LogP contribution in [0.4, 0.5) is 5.88 Å². The van der Waals surface area contributed by atoms with Gasteiger partial charge in [0, 0.05) is 19.2 Å². The summed E-state index contributed by atoms with van der Waals surface area (Å²) in [6.45, 7) is 1.75. The van der Waals surface area contributed by atoms with Crippen molar-refractivity contribution in [2.75, 3.05) is 18.0 Å². The van der Waals surface area contributed by atoms with Crippen LogP contribution >= 0.6 is 0 Å². The Bertz CT molecular complexity index is 362. The summed E-state index contributed by atoms with van der Waals surface area (Å²) >= 11 is 0. The van der Waals surface area contributed by atoms with E-state index in [4.69, 9.17) is 9.15 Å². The summed E-state index contributed by atoms with van der Waals surface area (Å²) in [4.78, 5) is 12.7. The topological polar surface area (TPSA) is 42.7 Å². The second-order valence-electron chi connectivity index (χ2n) is 4.16. The molecule has 0 saturated carbocycles. The zero-order chi connectivity index (χ0) is 10.3. The van der Waals surface area contributed by atoms with E-state index in [0.29, 0.717) is 18.0 Å². The van der Waals surface area contributed by atoms with Crippen molar-refractivity contribution in [1.29, 1.82) is 0 Å². The van der Waals surface area contributed by atoms with E-state index in [9.17, 15) is 4.79 Å². The fraction of sp³-hybridized carbons (Fsp3) is 0.545. The maximum atomic E-state index is 10.5. The molecule has 4 nitrogen and oxygen atoms in total. The molecule has 1 aromatic heterocycles. The Morgan fingerprint density at radius 3 is 2.60 bits per heavy atom. The molecule has 0 aromatic carbocycles. The molecule has 2 saturated heterocycles. The zero-order valence-electron chi connectivity index (χ0n) is 8.39. The predicted molar refractivity (Wildman–Crippen MR) is 54.2 cm³/mol. The molecule has 2 aliphatic heterocycles. The lowest BCUT2D eigenvalue weighted by Gasteiger charge is -2.31. The second-order valence-corrected chi connectivity index (χ2v) is 4.16. The van der Waals surface area contributed by atoms with Crippen molar-refractivity contribution in [2.24, 2.45) is 0 Å². The van der Waals surface area contributed by atoms with Gasteiger partial charge in [0.15, 0.2) is 17.9 Å². The lowest BCUT2D eigenvalue weighted by Crippen LogP contribution is -2.42. The Hall–Kier alpha value is -1.29. The number of fused-ring (bicyclic) bond motifs is 2. The molecule has 2 aliphatic rings. The van der Waals surface area contributed by atoms with Crippen molar-refractivity contribution < 1.29 is 13.9 Å². The molecular weight excluding hydrogens is 194 g/mol. The van der Waals surface area contributed by atoms with Gasteiger partial charge in [-0.05, 0) is 18.9 Å². The van der Waals surface area contributed by atoms with Crippen LogP contribution in [0.15, 0.2) is 16.5 Å². The second kappa shape index (κ2) is 3.38. The van der Waals surface area contributed by atoms with Gasteiger partial charge in [0.1, 0.15) is 0 Å². The summed E-state index contributed by atoms with van der Waals surface area (Å²) in [6, 6.07) is 3.56. The minimum absolute atomic E-state index is 0.341. The van der Waals surface area contributed by atoms with Gasteiger partial charge < -0.3 is 14.1 Å². The molecule has 0 aliphatic carbocycles. The van der Waals surface area contributed by atoms with Crippen LogP contribution in [0, 0.1) is 0 Å². The minimum Gasteiger partial charge on any atom is -0.438 e. The molecule has 3 rings (SSSR count). The van der Waals surface area contributed by atoms with Crippen molar-refractivity contribution in [3.63, 3.8) is 0 Å². The molecule has 1 aromatic rings. The molecule has 2 bridgehead atoms. The van der Waals surface area contributed by atoms with Crippen LogP contribution < -0.4 is 4.90 Å². The zero-order valence-corrected chi connectivity index (χ0v) is 8.39. The number of morpholine rings is 1. The van der Waals surface area contributed by atoms with Crippen LogP contribution in [0.3, 0.4) is 0 Å². The summed E-state index contributed by atoms with van der Waals surface area (Å²) in [5, 5.41) is 0. The van der Waals surface area contributed by atoms with Gasteiger partial charge in [-0.25, -0.2) is 0 Å². The highest BCUT2D eigenvalue weighted by Gasteiger charge is 2.34. The molecule has 4 heteroatoms. The van der Waals surface area contributed by atoms with Crippen LogP contribution in [0.2, 0.25) is 0 Å². The Balaban J connectivity index is 1.79. The molecule has 80 valence electrons. The molecular formula is C11H13NO3. The number of anilines is 1. The summed E-state index contributed by atoms with van der Waals surface area (Å²) in [5.41, 5.74) is 0. The summed E-state index contributed by atoms with van der Waals surface area (Å²) in [6.07, 6.45) is 3.70. The largest absolute Gasteiger partial charge is 0.438 e. The summed E-state index contributed by atoms with van der Waals surface area (Å²) in [7, 11) is 0. The monoisotopic (exact) mass is 207 g/mol. The van der Waals surface area contributed by atoms with Crippen LogP contribution in [0.1, 0.15) is 23.4 Å².